The number of carbonyl (C=O) groups excluding carboxylic acids is 1. The summed E-state index contributed by atoms with van der Waals surface area (Å²) in [6.45, 7) is 0.224. The van der Waals surface area contributed by atoms with E-state index in [1.54, 1.807) is 6.07 Å². The van der Waals surface area contributed by atoms with E-state index < -0.39 is 22.0 Å². The molecular formula is C13H15N3O4S. The minimum atomic E-state index is -3.96. The lowest BCUT2D eigenvalue weighted by Crippen LogP contribution is -2.48. The van der Waals surface area contributed by atoms with Gasteiger partial charge in [0.1, 0.15) is 17.0 Å². The van der Waals surface area contributed by atoms with Crippen LogP contribution in [-0.4, -0.2) is 43.4 Å². The molecule has 1 fully saturated rings. The number of methoxy groups -OCH3 is 1. The van der Waals surface area contributed by atoms with Gasteiger partial charge in [-0.15, -0.1) is 0 Å². The van der Waals surface area contributed by atoms with Crippen LogP contribution in [0.5, 0.6) is 0 Å². The Kier molecular flexibility index (Phi) is 4.55. The minimum Gasteiger partial charge on any atom is -0.468 e. The molecule has 1 aliphatic rings. The summed E-state index contributed by atoms with van der Waals surface area (Å²) in [4.78, 5) is 15.4. The number of rotatable bonds is 3. The SMILES string of the molecule is COC(=O)C1CCCCN1S(=O)(=O)c1cccnc1C#N. The van der Waals surface area contributed by atoms with Crippen molar-refractivity contribution in [1.29, 1.82) is 5.26 Å². The number of aromatic nitrogens is 1. The summed E-state index contributed by atoms with van der Waals surface area (Å²) in [5, 5.41) is 9.01. The monoisotopic (exact) mass is 309 g/mol. The van der Waals surface area contributed by atoms with Gasteiger partial charge in [0, 0.05) is 12.7 Å². The average molecular weight is 309 g/mol. The molecule has 0 saturated carbocycles. The predicted molar refractivity (Wildman–Crippen MR) is 72.5 cm³/mol. The minimum absolute atomic E-state index is 0.174. The number of ether oxygens (including phenoxy) is 1. The highest BCUT2D eigenvalue weighted by atomic mass is 32.2. The van der Waals surface area contributed by atoms with Gasteiger partial charge < -0.3 is 4.74 Å². The molecule has 0 aromatic carbocycles. The first-order valence-corrected chi connectivity index (χ1v) is 7.91. The van der Waals surface area contributed by atoms with Crippen LogP contribution in [-0.2, 0) is 19.6 Å². The number of piperidine rings is 1. The van der Waals surface area contributed by atoms with Crippen molar-refractivity contribution in [1.82, 2.24) is 9.29 Å². The molecule has 0 amide bonds. The zero-order valence-electron chi connectivity index (χ0n) is 11.5. The molecule has 0 spiro atoms. The second-order valence-electron chi connectivity index (χ2n) is 4.61. The first-order chi connectivity index (χ1) is 10.0. The zero-order valence-corrected chi connectivity index (χ0v) is 12.3. The van der Waals surface area contributed by atoms with Crippen LogP contribution >= 0.6 is 0 Å². The van der Waals surface area contributed by atoms with Crippen molar-refractivity contribution >= 4 is 16.0 Å². The molecule has 1 unspecified atom stereocenters. The third kappa shape index (κ3) is 2.89. The number of hydrogen-bond acceptors (Lipinski definition) is 6. The van der Waals surface area contributed by atoms with Crippen LogP contribution in [0.1, 0.15) is 25.0 Å². The predicted octanol–water partition coefficient (Wildman–Crippen LogP) is 0.669. The van der Waals surface area contributed by atoms with E-state index in [1.807, 2.05) is 0 Å². The van der Waals surface area contributed by atoms with Crippen molar-refractivity contribution in [2.75, 3.05) is 13.7 Å². The molecule has 21 heavy (non-hydrogen) atoms. The van der Waals surface area contributed by atoms with E-state index in [4.69, 9.17) is 5.26 Å². The Hall–Kier alpha value is -1.98. The first kappa shape index (κ1) is 15.4. The summed E-state index contributed by atoms with van der Waals surface area (Å²) in [6, 6.07) is 3.69. The van der Waals surface area contributed by atoms with E-state index in [-0.39, 0.29) is 17.1 Å². The Balaban J connectivity index is 2.46. The molecule has 0 N–H and O–H groups in total. The number of pyridine rings is 1. The van der Waals surface area contributed by atoms with Crippen LogP contribution in [0, 0.1) is 11.3 Å². The highest BCUT2D eigenvalue weighted by molar-refractivity contribution is 7.89. The summed E-state index contributed by atoms with van der Waals surface area (Å²) in [5.74, 6) is -0.583. The highest BCUT2D eigenvalue weighted by Crippen LogP contribution is 2.27. The van der Waals surface area contributed by atoms with Crippen molar-refractivity contribution in [3.63, 3.8) is 0 Å². The molecule has 7 nitrogen and oxygen atoms in total. The van der Waals surface area contributed by atoms with Gasteiger partial charge in [-0.2, -0.15) is 9.57 Å². The zero-order chi connectivity index (χ0) is 15.5. The third-order valence-corrected chi connectivity index (χ3v) is 5.33. The topological polar surface area (TPSA) is 100 Å². The van der Waals surface area contributed by atoms with Crippen LogP contribution in [0.3, 0.4) is 0 Å². The van der Waals surface area contributed by atoms with Crippen molar-refractivity contribution in [2.24, 2.45) is 0 Å². The van der Waals surface area contributed by atoms with Crippen molar-refractivity contribution < 1.29 is 17.9 Å². The average Bonchev–Trinajstić information content (AvgIpc) is 2.54. The number of hydrogen-bond donors (Lipinski definition) is 0. The van der Waals surface area contributed by atoms with E-state index >= 15 is 0 Å². The maximum atomic E-state index is 12.7. The summed E-state index contributed by atoms with van der Waals surface area (Å²) in [5.41, 5.74) is -0.174. The van der Waals surface area contributed by atoms with Gasteiger partial charge in [0.15, 0.2) is 5.69 Å². The van der Waals surface area contributed by atoms with Crippen LogP contribution in [0.25, 0.3) is 0 Å². The van der Waals surface area contributed by atoms with Gasteiger partial charge in [-0.1, -0.05) is 0 Å². The highest BCUT2D eigenvalue weighted by Gasteiger charge is 2.39. The van der Waals surface area contributed by atoms with E-state index in [9.17, 15) is 13.2 Å². The molecule has 1 aromatic heterocycles. The first-order valence-electron chi connectivity index (χ1n) is 6.47. The Labute approximate surface area is 123 Å². The second kappa shape index (κ2) is 6.20. The molecule has 2 heterocycles. The van der Waals surface area contributed by atoms with Crippen molar-refractivity contribution in [3.05, 3.63) is 24.0 Å². The number of carbonyl (C=O) groups is 1. The number of sulfonamides is 1. The third-order valence-electron chi connectivity index (χ3n) is 3.39. The molecule has 1 aliphatic heterocycles. The Morgan fingerprint density at radius 1 is 1.52 bits per heavy atom. The maximum Gasteiger partial charge on any atom is 0.324 e. The summed E-state index contributed by atoms with van der Waals surface area (Å²) < 4.78 is 31.2. The molecule has 8 heteroatoms. The molecule has 1 saturated heterocycles. The lowest BCUT2D eigenvalue weighted by Gasteiger charge is -2.32. The molecule has 112 valence electrons. The van der Waals surface area contributed by atoms with Crippen LogP contribution < -0.4 is 0 Å². The van der Waals surface area contributed by atoms with E-state index in [0.717, 1.165) is 10.7 Å². The molecular weight excluding hydrogens is 294 g/mol. The van der Waals surface area contributed by atoms with E-state index in [1.165, 1.54) is 25.4 Å². The fourth-order valence-electron chi connectivity index (χ4n) is 2.37. The number of nitriles is 1. The Morgan fingerprint density at radius 3 is 2.95 bits per heavy atom. The second-order valence-corrected chi connectivity index (χ2v) is 6.47. The smallest absolute Gasteiger partial charge is 0.324 e. The maximum absolute atomic E-state index is 12.7. The molecule has 1 aromatic rings. The van der Waals surface area contributed by atoms with Gasteiger partial charge in [0.25, 0.3) is 0 Å². The number of nitrogens with zero attached hydrogens (tertiary/aromatic N) is 3. The van der Waals surface area contributed by atoms with Crippen molar-refractivity contribution in [3.8, 4) is 6.07 Å². The lowest BCUT2D eigenvalue weighted by atomic mass is 10.1. The van der Waals surface area contributed by atoms with Gasteiger partial charge in [-0.05, 0) is 31.4 Å². The fraction of sp³-hybridized carbons (Fsp3) is 0.462. The van der Waals surface area contributed by atoms with Gasteiger partial charge in [0.2, 0.25) is 10.0 Å². The van der Waals surface area contributed by atoms with Crippen LogP contribution in [0.15, 0.2) is 23.2 Å². The van der Waals surface area contributed by atoms with E-state index in [2.05, 4.69) is 9.72 Å². The standard InChI is InChI=1S/C13H15N3O4S/c1-20-13(17)11-5-2-3-8-16(11)21(18,19)12-6-4-7-15-10(12)9-14/h4,6-7,11H,2-3,5,8H2,1H3. The van der Waals surface area contributed by atoms with Crippen molar-refractivity contribution in [2.45, 2.75) is 30.2 Å². The van der Waals surface area contributed by atoms with Gasteiger partial charge in [0.05, 0.1) is 7.11 Å². The van der Waals surface area contributed by atoms with Gasteiger partial charge >= 0.3 is 5.97 Å². The van der Waals surface area contributed by atoms with E-state index in [0.29, 0.717) is 12.8 Å². The molecule has 0 bridgehead atoms. The van der Waals surface area contributed by atoms with Crippen LogP contribution in [0.4, 0.5) is 0 Å². The summed E-state index contributed by atoms with van der Waals surface area (Å²) >= 11 is 0. The summed E-state index contributed by atoms with van der Waals surface area (Å²) in [7, 11) is -2.73. The quantitative estimate of drug-likeness (QED) is 0.761. The Bertz CT molecular complexity index is 681. The van der Waals surface area contributed by atoms with Crippen LogP contribution in [0.2, 0.25) is 0 Å². The normalized spacial score (nSPS) is 19.7. The Morgan fingerprint density at radius 2 is 2.29 bits per heavy atom. The summed E-state index contributed by atoms with van der Waals surface area (Å²) in [6.07, 6.45) is 3.18. The van der Waals surface area contributed by atoms with Gasteiger partial charge in [-0.3, -0.25) is 4.79 Å². The largest absolute Gasteiger partial charge is 0.468 e. The fourth-order valence-corrected chi connectivity index (χ4v) is 4.12. The lowest BCUT2D eigenvalue weighted by molar-refractivity contribution is -0.146. The molecule has 2 rings (SSSR count). The van der Waals surface area contributed by atoms with Gasteiger partial charge in [-0.25, -0.2) is 13.4 Å². The number of esters is 1. The molecule has 1 atom stereocenters. The molecule has 0 aliphatic carbocycles. The molecule has 0 radical (unpaired) electrons.